The van der Waals surface area contributed by atoms with Gasteiger partial charge in [0.1, 0.15) is 0 Å². The molecule has 0 radical (unpaired) electrons. The van der Waals surface area contributed by atoms with E-state index < -0.39 is 0 Å². The van der Waals surface area contributed by atoms with Gasteiger partial charge in [-0.05, 0) is 63.0 Å². The maximum atomic E-state index is 12.2. The topological polar surface area (TPSA) is 74.5 Å². The van der Waals surface area contributed by atoms with Gasteiger partial charge >= 0.3 is 11.8 Å². The summed E-state index contributed by atoms with van der Waals surface area (Å²) in [5.41, 5.74) is 2.09. The molecule has 0 bridgehead atoms. The second kappa shape index (κ2) is 9.19. The third-order valence-electron chi connectivity index (χ3n) is 5.63. The van der Waals surface area contributed by atoms with Gasteiger partial charge in [0.2, 0.25) is 5.82 Å². The van der Waals surface area contributed by atoms with Crippen molar-refractivity contribution in [3.05, 3.63) is 30.2 Å². The van der Waals surface area contributed by atoms with E-state index in [1.54, 1.807) is 0 Å². The summed E-state index contributed by atoms with van der Waals surface area (Å²) in [5, 5.41) is 6.84. The Morgan fingerprint density at radius 3 is 2.36 bits per heavy atom. The molecule has 1 aromatic heterocycles. The quantitative estimate of drug-likeness (QED) is 0.827. The number of hydrogen-bond donors (Lipinski definition) is 1. The lowest BCUT2D eigenvalue weighted by Crippen LogP contribution is -2.33. The van der Waals surface area contributed by atoms with Crippen molar-refractivity contribution >= 4 is 11.6 Å². The normalized spacial score (nSPS) is 18.2. The Balaban J connectivity index is 1.33. The minimum Gasteiger partial charge on any atom is -0.372 e. The van der Waals surface area contributed by atoms with Crippen molar-refractivity contribution in [2.45, 2.75) is 38.5 Å². The summed E-state index contributed by atoms with van der Waals surface area (Å²) in [7, 11) is 0. The number of hydrogen-bond acceptors (Lipinski definition) is 6. The van der Waals surface area contributed by atoms with Gasteiger partial charge in [0.25, 0.3) is 0 Å². The van der Waals surface area contributed by atoms with Crippen molar-refractivity contribution in [2.24, 2.45) is 0 Å². The first-order chi connectivity index (χ1) is 13.8. The molecule has 2 fully saturated rings. The summed E-state index contributed by atoms with van der Waals surface area (Å²) in [6, 6.07) is 8.21. The number of nitrogens with one attached hydrogen (secondary N) is 1. The van der Waals surface area contributed by atoms with Crippen LogP contribution in [0.3, 0.4) is 0 Å². The Morgan fingerprint density at radius 1 is 0.964 bits per heavy atom. The molecule has 2 aromatic rings. The standard InChI is InChI=1S/C21H29N5O2/c27-20(22-11-16-25-12-5-6-13-25)21-23-19(24-28-21)17-7-9-18(10-8-17)26-14-3-1-2-4-15-26/h7-10H,1-6,11-16H2,(H,22,27). The third-order valence-corrected chi connectivity index (χ3v) is 5.63. The second-order valence-electron chi connectivity index (χ2n) is 7.68. The van der Waals surface area contributed by atoms with Crippen LogP contribution < -0.4 is 10.2 Å². The molecule has 0 spiro atoms. The van der Waals surface area contributed by atoms with E-state index in [9.17, 15) is 4.79 Å². The number of likely N-dealkylation sites (tertiary alicyclic amines) is 1. The lowest BCUT2D eigenvalue weighted by Gasteiger charge is -2.22. The van der Waals surface area contributed by atoms with E-state index in [1.165, 1.54) is 44.2 Å². The van der Waals surface area contributed by atoms with Gasteiger partial charge in [-0.1, -0.05) is 18.0 Å². The number of anilines is 1. The molecular formula is C21H29N5O2. The van der Waals surface area contributed by atoms with Crippen LogP contribution in [0.1, 0.15) is 49.2 Å². The van der Waals surface area contributed by atoms with Gasteiger partial charge in [0.15, 0.2) is 0 Å². The highest BCUT2D eigenvalue weighted by molar-refractivity contribution is 5.89. The van der Waals surface area contributed by atoms with E-state index in [0.717, 1.165) is 38.3 Å². The fraction of sp³-hybridized carbons (Fsp3) is 0.571. The average Bonchev–Trinajstić information content (AvgIpc) is 3.35. The van der Waals surface area contributed by atoms with Crippen LogP contribution in [0.2, 0.25) is 0 Å². The SMILES string of the molecule is O=C(NCCN1CCCC1)c1nc(-c2ccc(N3CCCCCC3)cc2)no1. The van der Waals surface area contributed by atoms with Crippen LogP contribution in [-0.4, -0.2) is 60.2 Å². The zero-order valence-electron chi connectivity index (χ0n) is 16.4. The van der Waals surface area contributed by atoms with Crippen molar-refractivity contribution in [3.63, 3.8) is 0 Å². The molecular weight excluding hydrogens is 354 g/mol. The third kappa shape index (κ3) is 4.70. The number of benzene rings is 1. The second-order valence-corrected chi connectivity index (χ2v) is 7.68. The van der Waals surface area contributed by atoms with Crippen molar-refractivity contribution in [3.8, 4) is 11.4 Å². The number of rotatable bonds is 6. The predicted molar refractivity (Wildman–Crippen MR) is 108 cm³/mol. The smallest absolute Gasteiger partial charge is 0.316 e. The highest BCUT2D eigenvalue weighted by Gasteiger charge is 2.17. The summed E-state index contributed by atoms with van der Waals surface area (Å²) >= 11 is 0. The molecule has 0 unspecified atom stereocenters. The highest BCUT2D eigenvalue weighted by Crippen LogP contribution is 2.23. The van der Waals surface area contributed by atoms with E-state index >= 15 is 0 Å². The van der Waals surface area contributed by atoms with E-state index in [2.05, 4.69) is 37.4 Å². The summed E-state index contributed by atoms with van der Waals surface area (Å²) in [6.07, 6.45) is 7.64. The molecule has 1 aromatic carbocycles. The van der Waals surface area contributed by atoms with Gasteiger partial charge in [-0.15, -0.1) is 0 Å². The minimum atomic E-state index is -0.306. The van der Waals surface area contributed by atoms with E-state index in [-0.39, 0.29) is 11.8 Å². The Morgan fingerprint density at radius 2 is 1.64 bits per heavy atom. The summed E-state index contributed by atoms with van der Waals surface area (Å²) in [5.74, 6) is 0.166. The van der Waals surface area contributed by atoms with E-state index in [1.807, 2.05) is 12.1 Å². The molecule has 1 N–H and O–H groups in total. The Labute approximate surface area is 166 Å². The van der Waals surface area contributed by atoms with Crippen molar-refractivity contribution < 1.29 is 9.32 Å². The van der Waals surface area contributed by atoms with Gasteiger partial charge < -0.3 is 19.6 Å². The molecule has 4 rings (SSSR count). The fourth-order valence-electron chi connectivity index (χ4n) is 3.99. The van der Waals surface area contributed by atoms with Crippen molar-refractivity contribution in [1.82, 2.24) is 20.4 Å². The van der Waals surface area contributed by atoms with Gasteiger partial charge in [0.05, 0.1) is 0 Å². The molecule has 0 atom stereocenters. The Kier molecular flexibility index (Phi) is 6.21. The molecule has 28 heavy (non-hydrogen) atoms. The highest BCUT2D eigenvalue weighted by atomic mass is 16.5. The van der Waals surface area contributed by atoms with Gasteiger partial charge in [-0.2, -0.15) is 4.98 Å². The molecule has 2 saturated heterocycles. The Bertz CT molecular complexity index is 759. The maximum absolute atomic E-state index is 12.2. The van der Waals surface area contributed by atoms with E-state index in [0.29, 0.717) is 12.4 Å². The Hall–Kier alpha value is -2.41. The van der Waals surface area contributed by atoms with Gasteiger partial charge in [0, 0.05) is 37.4 Å². The van der Waals surface area contributed by atoms with E-state index in [4.69, 9.17) is 4.52 Å². The lowest BCUT2D eigenvalue weighted by molar-refractivity contribution is 0.0906. The first kappa shape index (κ1) is 18.9. The number of aromatic nitrogens is 2. The van der Waals surface area contributed by atoms with Crippen LogP contribution in [0.15, 0.2) is 28.8 Å². The van der Waals surface area contributed by atoms with Crippen LogP contribution >= 0.6 is 0 Å². The monoisotopic (exact) mass is 383 g/mol. The number of amides is 1. The first-order valence-electron chi connectivity index (χ1n) is 10.5. The zero-order valence-corrected chi connectivity index (χ0v) is 16.4. The van der Waals surface area contributed by atoms with Crippen LogP contribution in [0, 0.1) is 0 Å². The molecule has 150 valence electrons. The molecule has 7 nitrogen and oxygen atoms in total. The minimum absolute atomic E-state index is 0.0213. The molecule has 0 aliphatic carbocycles. The molecule has 3 heterocycles. The average molecular weight is 383 g/mol. The largest absolute Gasteiger partial charge is 0.372 e. The predicted octanol–water partition coefficient (Wildman–Crippen LogP) is 2.94. The molecule has 7 heteroatoms. The molecule has 2 aliphatic heterocycles. The summed E-state index contributed by atoms with van der Waals surface area (Å²) < 4.78 is 5.17. The molecule has 0 saturated carbocycles. The zero-order chi connectivity index (χ0) is 19.2. The van der Waals surface area contributed by atoms with Gasteiger partial charge in [-0.25, -0.2) is 0 Å². The lowest BCUT2D eigenvalue weighted by atomic mass is 10.2. The van der Waals surface area contributed by atoms with Crippen LogP contribution in [0.5, 0.6) is 0 Å². The first-order valence-corrected chi connectivity index (χ1v) is 10.5. The van der Waals surface area contributed by atoms with Crippen LogP contribution in [0.4, 0.5) is 5.69 Å². The number of nitrogens with zero attached hydrogens (tertiary/aromatic N) is 4. The maximum Gasteiger partial charge on any atom is 0.316 e. The van der Waals surface area contributed by atoms with Crippen molar-refractivity contribution in [2.75, 3.05) is 44.2 Å². The molecule has 1 amide bonds. The summed E-state index contributed by atoms with van der Waals surface area (Å²) in [4.78, 5) is 21.3. The van der Waals surface area contributed by atoms with Gasteiger partial charge in [-0.3, -0.25) is 4.79 Å². The summed E-state index contributed by atoms with van der Waals surface area (Å²) in [6.45, 7) is 5.93. The molecule has 2 aliphatic rings. The number of carbonyl (C=O) groups excluding carboxylic acids is 1. The van der Waals surface area contributed by atoms with Crippen LogP contribution in [0.25, 0.3) is 11.4 Å². The number of carbonyl (C=O) groups is 1. The van der Waals surface area contributed by atoms with Crippen LogP contribution in [-0.2, 0) is 0 Å². The fourth-order valence-corrected chi connectivity index (χ4v) is 3.99. The van der Waals surface area contributed by atoms with Crippen molar-refractivity contribution in [1.29, 1.82) is 0 Å².